The van der Waals surface area contributed by atoms with Gasteiger partial charge < -0.3 is 15.2 Å². The maximum absolute atomic E-state index is 12.9. The normalized spacial score (nSPS) is 20.5. The van der Waals surface area contributed by atoms with Crippen LogP contribution in [0.5, 0.6) is 5.75 Å². The van der Waals surface area contributed by atoms with Crippen LogP contribution in [-0.2, 0) is 10.3 Å². The van der Waals surface area contributed by atoms with E-state index in [1.807, 2.05) is 62.4 Å². The number of aliphatic hydroxyl groups is 1. The van der Waals surface area contributed by atoms with E-state index in [0.717, 1.165) is 16.0 Å². The number of hydrogen-bond acceptors (Lipinski definition) is 4. The quantitative estimate of drug-likeness (QED) is 0.768. The van der Waals surface area contributed by atoms with Crippen LogP contribution in [-0.4, -0.2) is 41.2 Å². The van der Waals surface area contributed by atoms with E-state index in [2.05, 4.69) is 5.32 Å². The topological polar surface area (TPSA) is 78.9 Å². The van der Waals surface area contributed by atoms with E-state index in [-0.39, 0.29) is 19.1 Å². The number of β-amino-alcohol motifs (C(OH)–C–C–N with tert-alkyl or cyclic N) is 1. The first kappa shape index (κ1) is 18.9. The van der Waals surface area contributed by atoms with Crippen molar-refractivity contribution in [3.05, 3.63) is 65.2 Å². The first-order valence-electron chi connectivity index (χ1n) is 8.89. The molecule has 3 amide bonds. The lowest BCUT2D eigenvalue weighted by molar-refractivity contribution is -0.132. The van der Waals surface area contributed by atoms with Crippen molar-refractivity contribution in [1.82, 2.24) is 10.2 Å². The minimum absolute atomic E-state index is 0.0108. The summed E-state index contributed by atoms with van der Waals surface area (Å²) in [6, 6.07) is 14.4. The average Bonchev–Trinajstić information content (AvgIpc) is 2.85. The Labute approximate surface area is 158 Å². The third kappa shape index (κ3) is 3.80. The number of nitrogens with zero attached hydrogens (tertiary/aromatic N) is 1. The van der Waals surface area contributed by atoms with E-state index < -0.39 is 17.7 Å². The summed E-state index contributed by atoms with van der Waals surface area (Å²) in [5.41, 5.74) is 1.59. The molecule has 0 radical (unpaired) electrons. The van der Waals surface area contributed by atoms with Gasteiger partial charge in [-0.3, -0.25) is 9.69 Å². The molecule has 27 heavy (non-hydrogen) atoms. The highest BCUT2D eigenvalue weighted by atomic mass is 16.5. The van der Waals surface area contributed by atoms with Crippen molar-refractivity contribution < 1.29 is 19.4 Å². The SMILES string of the molecule is Cc1ccc([C@]2(C)NC(=O)N(C[C@H](O)COc3ccccc3C)C2=O)cc1. The zero-order valence-corrected chi connectivity index (χ0v) is 15.7. The van der Waals surface area contributed by atoms with Gasteiger partial charge in [-0.05, 0) is 38.0 Å². The molecule has 1 aliphatic heterocycles. The molecule has 1 heterocycles. The van der Waals surface area contributed by atoms with Crippen LogP contribution >= 0.6 is 0 Å². The molecule has 0 spiro atoms. The van der Waals surface area contributed by atoms with Crippen LogP contribution in [0.2, 0.25) is 0 Å². The number of carbonyl (C=O) groups excluding carboxylic acids is 2. The van der Waals surface area contributed by atoms with Gasteiger partial charge in [-0.15, -0.1) is 0 Å². The molecule has 0 bridgehead atoms. The molecule has 0 aliphatic carbocycles. The van der Waals surface area contributed by atoms with Crippen LogP contribution in [0.4, 0.5) is 4.79 Å². The molecule has 6 nitrogen and oxygen atoms in total. The van der Waals surface area contributed by atoms with Crippen LogP contribution in [0.3, 0.4) is 0 Å². The number of carbonyl (C=O) groups is 2. The van der Waals surface area contributed by atoms with Gasteiger partial charge in [0.2, 0.25) is 0 Å². The molecule has 0 saturated carbocycles. The molecular weight excluding hydrogens is 344 g/mol. The first-order chi connectivity index (χ1) is 12.8. The zero-order valence-electron chi connectivity index (χ0n) is 15.7. The average molecular weight is 368 g/mol. The summed E-state index contributed by atoms with van der Waals surface area (Å²) in [6.45, 7) is 5.40. The number of rotatable bonds is 6. The summed E-state index contributed by atoms with van der Waals surface area (Å²) in [7, 11) is 0. The Morgan fingerprint density at radius 1 is 1.11 bits per heavy atom. The number of nitrogens with one attached hydrogen (secondary N) is 1. The standard InChI is InChI=1S/C21H24N2O4/c1-14-8-10-16(11-9-14)21(3)19(25)23(20(26)22-21)12-17(24)13-27-18-7-5-4-6-15(18)2/h4-11,17,24H,12-13H2,1-3H3,(H,22,26)/t17-,21-/m0/s1. The fourth-order valence-corrected chi connectivity index (χ4v) is 3.11. The number of aliphatic hydroxyl groups excluding tert-OH is 1. The molecule has 1 aliphatic rings. The van der Waals surface area contributed by atoms with Gasteiger partial charge in [-0.1, -0.05) is 48.0 Å². The van der Waals surface area contributed by atoms with Crippen molar-refractivity contribution in [2.24, 2.45) is 0 Å². The zero-order chi connectivity index (χ0) is 19.6. The van der Waals surface area contributed by atoms with Gasteiger partial charge >= 0.3 is 6.03 Å². The Morgan fingerprint density at radius 2 is 1.78 bits per heavy atom. The number of urea groups is 1. The van der Waals surface area contributed by atoms with Crippen molar-refractivity contribution in [3.8, 4) is 5.75 Å². The number of amides is 3. The van der Waals surface area contributed by atoms with Gasteiger partial charge in [-0.2, -0.15) is 0 Å². The second-order valence-corrected chi connectivity index (χ2v) is 7.07. The first-order valence-corrected chi connectivity index (χ1v) is 8.89. The van der Waals surface area contributed by atoms with Gasteiger partial charge in [0, 0.05) is 0 Å². The van der Waals surface area contributed by atoms with Crippen LogP contribution in [0.15, 0.2) is 48.5 Å². The number of aryl methyl sites for hydroxylation is 2. The highest BCUT2D eigenvalue weighted by molar-refractivity contribution is 6.07. The maximum Gasteiger partial charge on any atom is 0.325 e. The molecule has 1 fully saturated rings. The minimum Gasteiger partial charge on any atom is -0.491 e. The van der Waals surface area contributed by atoms with Gasteiger partial charge in [0.1, 0.15) is 24.0 Å². The van der Waals surface area contributed by atoms with Crippen molar-refractivity contribution in [3.63, 3.8) is 0 Å². The lowest BCUT2D eigenvalue weighted by Crippen LogP contribution is -2.42. The van der Waals surface area contributed by atoms with Crippen LogP contribution in [0, 0.1) is 13.8 Å². The Kier molecular flexibility index (Phi) is 5.19. The van der Waals surface area contributed by atoms with Crippen LogP contribution < -0.4 is 10.1 Å². The van der Waals surface area contributed by atoms with Crippen molar-refractivity contribution in [1.29, 1.82) is 0 Å². The lowest BCUT2D eigenvalue weighted by atomic mass is 9.91. The number of ether oxygens (including phenoxy) is 1. The molecule has 6 heteroatoms. The number of hydrogen-bond donors (Lipinski definition) is 2. The summed E-state index contributed by atoms with van der Waals surface area (Å²) in [4.78, 5) is 26.3. The second-order valence-electron chi connectivity index (χ2n) is 7.07. The summed E-state index contributed by atoms with van der Waals surface area (Å²) < 4.78 is 5.61. The number of para-hydroxylation sites is 1. The Hall–Kier alpha value is -2.86. The van der Waals surface area contributed by atoms with E-state index in [1.165, 1.54) is 0 Å². The molecule has 0 aromatic heterocycles. The molecule has 2 aromatic carbocycles. The maximum atomic E-state index is 12.9. The predicted octanol–water partition coefficient (Wildman–Crippen LogP) is 2.51. The van der Waals surface area contributed by atoms with E-state index in [4.69, 9.17) is 4.74 Å². The second kappa shape index (κ2) is 7.40. The number of imide groups is 1. The molecule has 0 unspecified atom stereocenters. The smallest absolute Gasteiger partial charge is 0.325 e. The van der Waals surface area contributed by atoms with E-state index >= 15 is 0 Å². The highest BCUT2D eigenvalue weighted by Crippen LogP contribution is 2.29. The summed E-state index contributed by atoms with van der Waals surface area (Å²) in [5, 5.41) is 13.0. The highest BCUT2D eigenvalue weighted by Gasteiger charge is 2.49. The monoisotopic (exact) mass is 368 g/mol. The lowest BCUT2D eigenvalue weighted by Gasteiger charge is -2.23. The summed E-state index contributed by atoms with van der Waals surface area (Å²) in [6.07, 6.45) is -0.986. The molecule has 2 atom stereocenters. The van der Waals surface area contributed by atoms with Crippen molar-refractivity contribution >= 4 is 11.9 Å². The molecule has 2 N–H and O–H groups in total. The Bertz CT molecular complexity index is 850. The van der Waals surface area contributed by atoms with Crippen LogP contribution in [0.1, 0.15) is 23.6 Å². The minimum atomic E-state index is -1.14. The van der Waals surface area contributed by atoms with E-state index in [0.29, 0.717) is 11.3 Å². The summed E-state index contributed by atoms with van der Waals surface area (Å²) in [5.74, 6) is 0.282. The fourth-order valence-electron chi connectivity index (χ4n) is 3.11. The van der Waals surface area contributed by atoms with Crippen LogP contribution in [0.25, 0.3) is 0 Å². The molecule has 2 aromatic rings. The largest absolute Gasteiger partial charge is 0.491 e. The van der Waals surface area contributed by atoms with E-state index in [1.54, 1.807) is 6.92 Å². The Balaban J connectivity index is 1.66. The van der Waals surface area contributed by atoms with Gasteiger partial charge in [-0.25, -0.2) is 4.79 Å². The molecule has 142 valence electrons. The van der Waals surface area contributed by atoms with Crippen molar-refractivity contribution in [2.75, 3.05) is 13.2 Å². The van der Waals surface area contributed by atoms with Crippen molar-refractivity contribution in [2.45, 2.75) is 32.4 Å². The van der Waals surface area contributed by atoms with E-state index in [9.17, 15) is 14.7 Å². The fraction of sp³-hybridized carbons (Fsp3) is 0.333. The predicted molar refractivity (Wildman–Crippen MR) is 101 cm³/mol. The Morgan fingerprint density at radius 3 is 2.44 bits per heavy atom. The third-order valence-corrected chi connectivity index (χ3v) is 4.82. The van der Waals surface area contributed by atoms with Gasteiger partial charge in [0.25, 0.3) is 5.91 Å². The molecular formula is C21H24N2O4. The summed E-state index contributed by atoms with van der Waals surface area (Å²) >= 11 is 0. The third-order valence-electron chi connectivity index (χ3n) is 4.82. The number of benzene rings is 2. The molecule has 3 rings (SSSR count). The van der Waals surface area contributed by atoms with Gasteiger partial charge in [0.05, 0.1) is 6.54 Å². The van der Waals surface area contributed by atoms with Gasteiger partial charge in [0.15, 0.2) is 0 Å². The molecule has 1 saturated heterocycles.